The molecule has 2 rings (SSSR count). The Morgan fingerprint density at radius 2 is 2.22 bits per heavy atom. The molecule has 0 aliphatic heterocycles. The van der Waals surface area contributed by atoms with Crippen LogP contribution in [0.4, 0.5) is 5.82 Å². The van der Waals surface area contributed by atoms with Gasteiger partial charge in [0, 0.05) is 12.4 Å². The van der Waals surface area contributed by atoms with Crippen LogP contribution in [0.25, 0.3) is 11.5 Å². The molecule has 0 aliphatic rings. The second-order valence-corrected chi connectivity index (χ2v) is 3.66. The van der Waals surface area contributed by atoms with E-state index in [0.29, 0.717) is 11.5 Å². The normalized spacial score (nSPS) is 10.3. The van der Waals surface area contributed by atoms with Gasteiger partial charge in [-0.1, -0.05) is 13.0 Å². The Balaban J connectivity index is 2.52. The van der Waals surface area contributed by atoms with Gasteiger partial charge in [-0.05, 0) is 18.1 Å². The third-order valence-electron chi connectivity index (χ3n) is 2.53. The number of anilines is 1. The standard InChI is InChI=1S/C12H12N4O2/c1-2-7-4-3-5-14-9(7)11-15-6-8(12(17)18)10(13)16-11/h3-6H,2H2,1H3,(H,17,18)(H2,13,15,16). The highest BCUT2D eigenvalue weighted by molar-refractivity contribution is 5.92. The van der Waals surface area contributed by atoms with Crippen molar-refractivity contribution in [3.05, 3.63) is 35.7 Å². The lowest BCUT2D eigenvalue weighted by Gasteiger charge is -2.06. The SMILES string of the molecule is CCc1cccnc1-c1ncc(C(=O)O)c(N)n1. The van der Waals surface area contributed by atoms with E-state index in [2.05, 4.69) is 15.0 Å². The summed E-state index contributed by atoms with van der Waals surface area (Å²) in [5.41, 5.74) is 7.10. The molecule has 2 heterocycles. The van der Waals surface area contributed by atoms with E-state index in [1.807, 2.05) is 19.1 Å². The van der Waals surface area contributed by atoms with E-state index in [1.54, 1.807) is 6.20 Å². The summed E-state index contributed by atoms with van der Waals surface area (Å²) in [5, 5.41) is 8.85. The number of rotatable bonds is 3. The number of carbonyl (C=O) groups is 1. The van der Waals surface area contributed by atoms with Crippen molar-refractivity contribution in [2.45, 2.75) is 13.3 Å². The van der Waals surface area contributed by atoms with Gasteiger partial charge in [0.15, 0.2) is 5.82 Å². The number of nitrogens with two attached hydrogens (primary N) is 1. The van der Waals surface area contributed by atoms with E-state index >= 15 is 0 Å². The highest BCUT2D eigenvalue weighted by Gasteiger charge is 2.14. The summed E-state index contributed by atoms with van der Waals surface area (Å²) in [6.45, 7) is 2.00. The van der Waals surface area contributed by atoms with Crippen molar-refractivity contribution in [1.82, 2.24) is 15.0 Å². The van der Waals surface area contributed by atoms with Crippen molar-refractivity contribution in [1.29, 1.82) is 0 Å². The first-order valence-electron chi connectivity index (χ1n) is 5.43. The van der Waals surface area contributed by atoms with Crippen LogP contribution in [0.15, 0.2) is 24.5 Å². The van der Waals surface area contributed by atoms with Gasteiger partial charge in [0.2, 0.25) is 0 Å². The van der Waals surface area contributed by atoms with Crippen molar-refractivity contribution < 1.29 is 9.90 Å². The zero-order valence-electron chi connectivity index (χ0n) is 9.79. The molecule has 0 amide bonds. The zero-order valence-corrected chi connectivity index (χ0v) is 9.79. The number of hydrogen-bond donors (Lipinski definition) is 2. The number of pyridine rings is 1. The number of nitrogen functional groups attached to an aromatic ring is 1. The Morgan fingerprint density at radius 1 is 1.44 bits per heavy atom. The molecule has 3 N–H and O–H groups in total. The van der Waals surface area contributed by atoms with Crippen LogP contribution in [0.3, 0.4) is 0 Å². The molecule has 0 fully saturated rings. The topological polar surface area (TPSA) is 102 Å². The van der Waals surface area contributed by atoms with Crippen molar-refractivity contribution in [3.63, 3.8) is 0 Å². The zero-order chi connectivity index (χ0) is 13.1. The Kier molecular flexibility index (Phi) is 3.18. The quantitative estimate of drug-likeness (QED) is 0.845. The van der Waals surface area contributed by atoms with Crippen LogP contribution in [0.2, 0.25) is 0 Å². The van der Waals surface area contributed by atoms with Gasteiger partial charge in [0.05, 0.1) is 0 Å². The summed E-state index contributed by atoms with van der Waals surface area (Å²) >= 11 is 0. The molecule has 0 radical (unpaired) electrons. The first kappa shape index (κ1) is 12.0. The van der Waals surface area contributed by atoms with E-state index in [4.69, 9.17) is 10.8 Å². The molecule has 0 bridgehead atoms. The summed E-state index contributed by atoms with van der Waals surface area (Å²) in [7, 11) is 0. The molecular formula is C12H12N4O2. The van der Waals surface area contributed by atoms with Crippen LogP contribution in [0, 0.1) is 0 Å². The van der Waals surface area contributed by atoms with Crippen LogP contribution in [0.5, 0.6) is 0 Å². The van der Waals surface area contributed by atoms with Gasteiger partial charge >= 0.3 is 5.97 Å². The van der Waals surface area contributed by atoms with Gasteiger partial charge in [-0.3, -0.25) is 4.98 Å². The number of carboxylic acids is 1. The van der Waals surface area contributed by atoms with E-state index < -0.39 is 5.97 Å². The second-order valence-electron chi connectivity index (χ2n) is 3.66. The minimum absolute atomic E-state index is 0.0554. The van der Waals surface area contributed by atoms with Crippen molar-refractivity contribution in [2.75, 3.05) is 5.73 Å². The van der Waals surface area contributed by atoms with E-state index in [-0.39, 0.29) is 11.4 Å². The summed E-state index contributed by atoms with van der Waals surface area (Å²) in [4.78, 5) is 23.0. The summed E-state index contributed by atoms with van der Waals surface area (Å²) < 4.78 is 0. The number of aromatic carboxylic acids is 1. The molecule has 18 heavy (non-hydrogen) atoms. The van der Waals surface area contributed by atoms with Crippen molar-refractivity contribution in [3.8, 4) is 11.5 Å². The van der Waals surface area contributed by atoms with Gasteiger partial charge in [-0.15, -0.1) is 0 Å². The molecule has 92 valence electrons. The highest BCUT2D eigenvalue weighted by atomic mass is 16.4. The maximum atomic E-state index is 10.8. The van der Waals surface area contributed by atoms with Crippen molar-refractivity contribution in [2.24, 2.45) is 0 Å². The monoisotopic (exact) mass is 244 g/mol. The van der Waals surface area contributed by atoms with E-state index in [9.17, 15) is 4.79 Å². The van der Waals surface area contributed by atoms with Gasteiger partial charge < -0.3 is 10.8 Å². The van der Waals surface area contributed by atoms with Crippen LogP contribution in [-0.4, -0.2) is 26.0 Å². The van der Waals surface area contributed by atoms with Crippen molar-refractivity contribution >= 4 is 11.8 Å². The predicted molar refractivity (Wildman–Crippen MR) is 66.0 cm³/mol. The van der Waals surface area contributed by atoms with E-state index in [1.165, 1.54) is 6.20 Å². The maximum Gasteiger partial charge on any atom is 0.341 e. The maximum absolute atomic E-state index is 10.8. The van der Waals surface area contributed by atoms with Crippen LogP contribution >= 0.6 is 0 Å². The lowest BCUT2D eigenvalue weighted by Crippen LogP contribution is -2.07. The smallest absolute Gasteiger partial charge is 0.341 e. The largest absolute Gasteiger partial charge is 0.477 e. The summed E-state index contributed by atoms with van der Waals surface area (Å²) in [5.74, 6) is -0.856. The first-order valence-corrected chi connectivity index (χ1v) is 5.43. The number of carboxylic acid groups (broad SMARTS) is 1. The Morgan fingerprint density at radius 3 is 2.83 bits per heavy atom. The highest BCUT2D eigenvalue weighted by Crippen LogP contribution is 2.19. The average molecular weight is 244 g/mol. The molecule has 0 atom stereocenters. The Labute approximate surface area is 104 Å². The minimum Gasteiger partial charge on any atom is -0.477 e. The third kappa shape index (κ3) is 2.13. The average Bonchev–Trinajstić information content (AvgIpc) is 2.38. The molecule has 2 aromatic rings. The molecule has 0 aromatic carbocycles. The van der Waals surface area contributed by atoms with Gasteiger partial charge in [-0.25, -0.2) is 14.8 Å². The predicted octanol–water partition coefficient (Wildman–Crippen LogP) is 1.38. The molecule has 0 aliphatic carbocycles. The van der Waals surface area contributed by atoms with Gasteiger partial charge in [0.1, 0.15) is 17.1 Å². The van der Waals surface area contributed by atoms with E-state index in [0.717, 1.165) is 12.0 Å². The molecule has 0 saturated carbocycles. The fourth-order valence-electron chi connectivity index (χ4n) is 1.60. The van der Waals surface area contributed by atoms with Gasteiger partial charge in [-0.2, -0.15) is 0 Å². The molecule has 0 spiro atoms. The third-order valence-corrected chi connectivity index (χ3v) is 2.53. The number of hydrogen-bond acceptors (Lipinski definition) is 5. The molecule has 2 aromatic heterocycles. The Bertz CT molecular complexity index is 598. The number of aromatic nitrogens is 3. The number of aryl methyl sites for hydroxylation is 1. The lowest BCUT2D eigenvalue weighted by molar-refractivity contribution is 0.0697. The first-order chi connectivity index (χ1) is 8.63. The molecule has 0 saturated heterocycles. The fourth-order valence-corrected chi connectivity index (χ4v) is 1.60. The fraction of sp³-hybridized carbons (Fsp3) is 0.167. The Hall–Kier alpha value is -2.50. The molecule has 6 heteroatoms. The second kappa shape index (κ2) is 4.79. The number of nitrogens with zero attached hydrogens (tertiary/aromatic N) is 3. The minimum atomic E-state index is -1.14. The molecular weight excluding hydrogens is 232 g/mol. The summed E-state index contributed by atoms with van der Waals surface area (Å²) in [6, 6.07) is 3.75. The van der Waals surface area contributed by atoms with Gasteiger partial charge in [0.25, 0.3) is 0 Å². The van der Waals surface area contributed by atoms with Crippen LogP contribution < -0.4 is 5.73 Å². The van der Waals surface area contributed by atoms with Crippen LogP contribution in [-0.2, 0) is 6.42 Å². The molecule has 6 nitrogen and oxygen atoms in total. The summed E-state index contributed by atoms with van der Waals surface area (Å²) in [6.07, 6.45) is 3.63. The lowest BCUT2D eigenvalue weighted by atomic mass is 10.1. The van der Waals surface area contributed by atoms with Crippen LogP contribution in [0.1, 0.15) is 22.8 Å². The molecule has 0 unspecified atom stereocenters.